The van der Waals surface area contributed by atoms with E-state index in [2.05, 4.69) is 10.6 Å². The van der Waals surface area contributed by atoms with E-state index in [4.69, 9.17) is 0 Å². The van der Waals surface area contributed by atoms with Crippen LogP contribution in [0, 0.1) is 19.8 Å². The first-order valence-electron chi connectivity index (χ1n) is 10.2. The van der Waals surface area contributed by atoms with Gasteiger partial charge in [-0.25, -0.2) is 0 Å². The van der Waals surface area contributed by atoms with Crippen LogP contribution in [-0.2, 0) is 14.4 Å². The average Bonchev–Trinajstić information content (AvgIpc) is 2.75. The zero-order valence-corrected chi connectivity index (χ0v) is 17.9. The van der Waals surface area contributed by atoms with Crippen LogP contribution in [0.3, 0.4) is 0 Å². The van der Waals surface area contributed by atoms with Gasteiger partial charge in [-0.05, 0) is 62.1 Å². The van der Waals surface area contributed by atoms with Crippen molar-refractivity contribution in [1.82, 2.24) is 4.90 Å². The van der Waals surface area contributed by atoms with E-state index in [1.807, 2.05) is 56.3 Å². The molecule has 0 radical (unpaired) electrons. The Kier molecular flexibility index (Phi) is 5.81. The van der Waals surface area contributed by atoms with Gasteiger partial charge in [0.15, 0.2) is 5.25 Å². The number of likely N-dealkylation sites (tertiary alicyclic amines) is 1. The van der Waals surface area contributed by atoms with E-state index in [1.165, 1.54) is 17.3 Å². The first-order valence-corrected chi connectivity index (χ1v) is 11.0. The average molecular weight is 424 g/mol. The molecule has 2 aromatic carbocycles. The highest BCUT2D eigenvalue weighted by molar-refractivity contribution is 8.01. The SMILES string of the molecule is Cc1ccc(NC(=O)[C@H]2CCCN(C(=O)[C@H]3Sc4ccccc4NC3=O)C2)cc1C. The summed E-state index contributed by atoms with van der Waals surface area (Å²) in [6.45, 7) is 4.94. The molecule has 1 fully saturated rings. The standard InChI is InChI=1S/C23H25N3O3S/c1-14-9-10-17(12-15(14)2)24-21(27)16-6-5-11-26(13-16)23(29)20-22(28)25-18-7-3-4-8-19(18)30-20/h3-4,7-10,12,16,20H,5-6,11,13H2,1-2H3,(H,24,27)(H,25,28)/t16-,20-/m0/s1. The molecule has 0 spiro atoms. The van der Waals surface area contributed by atoms with Crippen molar-refractivity contribution in [3.05, 3.63) is 53.6 Å². The highest BCUT2D eigenvalue weighted by Crippen LogP contribution is 2.36. The fourth-order valence-corrected chi connectivity index (χ4v) is 4.91. The molecular weight excluding hydrogens is 398 g/mol. The lowest BCUT2D eigenvalue weighted by Crippen LogP contribution is -2.50. The Morgan fingerprint density at radius 2 is 1.93 bits per heavy atom. The summed E-state index contributed by atoms with van der Waals surface area (Å²) in [5.74, 6) is -0.892. The van der Waals surface area contributed by atoms with E-state index in [-0.39, 0.29) is 23.6 Å². The number of rotatable bonds is 3. The lowest BCUT2D eigenvalue weighted by molar-refractivity contribution is -0.136. The number of carbonyl (C=O) groups is 3. The Labute approximate surface area is 180 Å². The Morgan fingerprint density at radius 1 is 1.13 bits per heavy atom. The number of nitrogens with zero attached hydrogens (tertiary/aromatic N) is 1. The summed E-state index contributed by atoms with van der Waals surface area (Å²) in [5, 5.41) is 4.98. The zero-order valence-electron chi connectivity index (χ0n) is 17.1. The van der Waals surface area contributed by atoms with Crippen LogP contribution in [0.15, 0.2) is 47.4 Å². The van der Waals surface area contributed by atoms with E-state index in [0.717, 1.165) is 34.7 Å². The number of para-hydroxylation sites is 1. The maximum absolute atomic E-state index is 13.1. The summed E-state index contributed by atoms with van der Waals surface area (Å²) in [6.07, 6.45) is 1.47. The highest BCUT2D eigenvalue weighted by atomic mass is 32.2. The van der Waals surface area contributed by atoms with Crippen LogP contribution < -0.4 is 10.6 Å². The quantitative estimate of drug-likeness (QED) is 0.740. The van der Waals surface area contributed by atoms with Crippen LogP contribution in [0.1, 0.15) is 24.0 Å². The number of piperidine rings is 1. The number of nitrogens with one attached hydrogen (secondary N) is 2. The summed E-state index contributed by atoms with van der Waals surface area (Å²) in [6, 6.07) is 13.3. The van der Waals surface area contributed by atoms with Crippen molar-refractivity contribution < 1.29 is 14.4 Å². The van der Waals surface area contributed by atoms with Crippen molar-refractivity contribution in [1.29, 1.82) is 0 Å². The summed E-state index contributed by atoms with van der Waals surface area (Å²) < 4.78 is 0. The molecule has 1 saturated heterocycles. The molecule has 0 aliphatic carbocycles. The minimum atomic E-state index is -0.818. The number of aryl methyl sites for hydroxylation is 2. The van der Waals surface area contributed by atoms with Gasteiger partial charge in [-0.1, -0.05) is 18.2 Å². The number of fused-ring (bicyclic) bond motifs is 1. The van der Waals surface area contributed by atoms with Gasteiger partial charge in [-0.3, -0.25) is 14.4 Å². The molecule has 7 heteroatoms. The van der Waals surface area contributed by atoms with Crippen LogP contribution in [0.5, 0.6) is 0 Å². The van der Waals surface area contributed by atoms with Crippen LogP contribution >= 0.6 is 11.8 Å². The van der Waals surface area contributed by atoms with Crippen molar-refractivity contribution in [2.24, 2.45) is 5.92 Å². The molecule has 4 rings (SSSR count). The van der Waals surface area contributed by atoms with E-state index in [9.17, 15) is 14.4 Å². The Hall–Kier alpha value is -2.80. The van der Waals surface area contributed by atoms with Crippen molar-refractivity contribution >= 4 is 40.9 Å². The molecule has 2 atom stereocenters. The number of hydrogen-bond donors (Lipinski definition) is 2. The van der Waals surface area contributed by atoms with Gasteiger partial charge in [0.25, 0.3) is 0 Å². The predicted octanol–water partition coefficient (Wildman–Crippen LogP) is 3.59. The number of hydrogen-bond acceptors (Lipinski definition) is 4. The molecule has 2 aromatic rings. The predicted molar refractivity (Wildman–Crippen MR) is 119 cm³/mol. The third kappa shape index (κ3) is 4.21. The molecule has 2 N–H and O–H groups in total. The number of thioether (sulfide) groups is 1. The lowest BCUT2D eigenvalue weighted by Gasteiger charge is -2.35. The van der Waals surface area contributed by atoms with Gasteiger partial charge in [-0.15, -0.1) is 11.8 Å². The summed E-state index contributed by atoms with van der Waals surface area (Å²) in [5.41, 5.74) is 3.80. The summed E-state index contributed by atoms with van der Waals surface area (Å²) in [7, 11) is 0. The molecule has 0 bridgehead atoms. The molecule has 2 aliphatic heterocycles. The van der Waals surface area contributed by atoms with Gasteiger partial charge >= 0.3 is 0 Å². The van der Waals surface area contributed by atoms with Gasteiger partial charge in [0.05, 0.1) is 11.6 Å². The van der Waals surface area contributed by atoms with Crippen molar-refractivity contribution in [2.45, 2.75) is 36.8 Å². The molecule has 2 heterocycles. The number of amides is 3. The van der Waals surface area contributed by atoms with Crippen LogP contribution in [0.4, 0.5) is 11.4 Å². The second kappa shape index (κ2) is 8.52. The fraction of sp³-hybridized carbons (Fsp3) is 0.348. The topological polar surface area (TPSA) is 78.5 Å². The number of carbonyl (C=O) groups excluding carboxylic acids is 3. The van der Waals surface area contributed by atoms with Crippen LogP contribution in [-0.4, -0.2) is 41.0 Å². The van der Waals surface area contributed by atoms with E-state index < -0.39 is 5.25 Å². The zero-order chi connectivity index (χ0) is 21.3. The van der Waals surface area contributed by atoms with Crippen molar-refractivity contribution in [2.75, 3.05) is 23.7 Å². The first-order chi connectivity index (χ1) is 14.4. The molecule has 0 unspecified atom stereocenters. The monoisotopic (exact) mass is 423 g/mol. The van der Waals surface area contributed by atoms with E-state index in [1.54, 1.807) is 4.90 Å². The minimum Gasteiger partial charge on any atom is -0.340 e. The highest BCUT2D eigenvalue weighted by Gasteiger charge is 2.38. The first kappa shape index (κ1) is 20.5. The second-order valence-electron chi connectivity index (χ2n) is 7.89. The second-order valence-corrected chi connectivity index (χ2v) is 9.04. The molecule has 0 saturated carbocycles. The molecule has 0 aromatic heterocycles. The third-order valence-electron chi connectivity index (χ3n) is 5.73. The third-order valence-corrected chi connectivity index (χ3v) is 6.99. The maximum Gasteiger partial charge on any atom is 0.247 e. The molecular formula is C23H25N3O3S. The Morgan fingerprint density at radius 3 is 2.73 bits per heavy atom. The molecule has 3 amide bonds. The molecule has 2 aliphatic rings. The van der Waals surface area contributed by atoms with E-state index in [0.29, 0.717) is 13.1 Å². The Bertz CT molecular complexity index is 1010. The van der Waals surface area contributed by atoms with Crippen LogP contribution in [0.25, 0.3) is 0 Å². The summed E-state index contributed by atoms with van der Waals surface area (Å²) in [4.78, 5) is 40.9. The minimum absolute atomic E-state index is 0.0816. The van der Waals surface area contributed by atoms with Gasteiger partial charge in [0, 0.05) is 23.7 Å². The van der Waals surface area contributed by atoms with Crippen molar-refractivity contribution in [3.8, 4) is 0 Å². The van der Waals surface area contributed by atoms with Gasteiger partial charge < -0.3 is 15.5 Å². The van der Waals surface area contributed by atoms with Gasteiger partial charge in [0.1, 0.15) is 0 Å². The normalized spacial score (nSPS) is 20.9. The van der Waals surface area contributed by atoms with Crippen LogP contribution in [0.2, 0.25) is 0 Å². The van der Waals surface area contributed by atoms with E-state index >= 15 is 0 Å². The number of benzene rings is 2. The molecule has 156 valence electrons. The largest absolute Gasteiger partial charge is 0.340 e. The molecule has 30 heavy (non-hydrogen) atoms. The lowest BCUT2D eigenvalue weighted by atomic mass is 9.96. The molecule has 6 nitrogen and oxygen atoms in total. The number of anilines is 2. The fourth-order valence-electron chi connectivity index (χ4n) is 3.83. The Balaban J connectivity index is 1.42. The maximum atomic E-state index is 13.1. The van der Waals surface area contributed by atoms with Crippen molar-refractivity contribution in [3.63, 3.8) is 0 Å². The smallest absolute Gasteiger partial charge is 0.247 e. The van der Waals surface area contributed by atoms with Gasteiger partial charge in [0.2, 0.25) is 17.7 Å². The summed E-state index contributed by atoms with van der Waals surface area (Å²) >= 11 is 1.28. The van der Waals surface area contributed by atoms with Gasteiger partial charge in [-0.2, -0.15) is 0 Å².